The zero-order chi connectivity index (χ0) is 15.6. The molecule has 1 aliphatic heterocycles. The summed E-state index contributed by atoms with van der Waals surface area (Å²) >= 11 is 0. The van der Waals surface area contributed by atoms with E-state index in [1.807, 2.05) is 31.7 Å². The highest BCUT2D eigenvalue weighted by molar-refractivity contribution is 5.87. The highest BCUT2D eigenvalue weighted by atomic mass is 16.4. The number of likely N-dealkylation sites (tertiary alicyclic amines) is 1. The highest BCUT2D eigenvalue weighted by Crippen LogP contribution is 2.30. The maximum absolute atomic E-state index is 12.4. The van der Waals surface area contributed by atoms with Crippen molar-refractivity contribution in [2.24, 2.45) is 5.41 Å². The Morgan fingerprint density at radius 1 is 1.29 bits per heavy atom. The fourth-order valence-electron chi connectivity index (χ4n) is 2.83. The molecule has 0 unspecified atom stereocenters. The van der Waals surface area contributed by atoms with Crippen molar-refractivity contribution in [1.82, 2.24) is 4.90 Å². The minimum atomic E-state index is -0.907. The SMILES string of the molecule is CC(C)(C)C(=O)N1CCC[C@@H](c2cccc(C(=O)O)c2)C1. The van der Waals surface area contributed by atoms with Crippen LogP contribution in [0.3, 0.4) is 0 Å². The summed E-state index contributed by atoms with van der Waals surface area (Å²) in [5, 5.41) is 9.09. The number of nitrogens with zero attached hydrogens (tertiary/aromatic N) is 1. The molecule has 0 spiro atoms. The van der Waals surface area contributed by atoms with E-state index in [1.54, 1.807) is 18.2 Å². The molecule has 0 saturated carbocycles. The van der Waals surface area contributed by atoms with Crippen molar-refractivity contribution in [1.29, 1.82) is 0 Å². The molecule has 114 valence electrons. The largest absolute Gasteiger partial charge is 0.478 e. The Morgan fingerprint density at radius 2 is 2.00 bits per heavy atom. The van der Waals surface area contributed by atoms with Gasteiger partial charge in [-0.15, -0.1) is 0 Å². The van der Waals surface area contributed by atoms with Gasteiger partial charge in [0.1, 0.15) is 0 Å². The molecule has 1 N–H and O–H groups in total. The predicted octanol–water partition coefficient (Wildman–Crippen LogP) is 3.14. The summed E-state index contributed by atoms with van der Waals surface area (Å²) < 4.78 is 0. The van der Waals surface area contributed by atoms with Gasteiger partial charge in [0, 0.05) is 24.4 Å². The summed E-state index contributed by atoms with van der Waals surface area (Å²) in [6, 6.07) is 7.08. The molecule has 1 aliphatic rings. The van der Waals surface area contributed by atoms with Gasteiger partial charge in [0.25, 0.3) is 0 Å². The van der Waals surface area contributed by atoms with Crippen LogP contribution in [0.4, 0.5) is 0 Å². The lowest BCUT2D eigenvalue weighted by Crippen LogP contribution is -2.44. The Kier molecular flexibility index (Phi) is 4.35. The predicted molar refractivity (Wildman–Crippen MR) is 81.4 cm³/mol. The Bertz CT molecular complexity index is 545. The van der Waals surface area contributed by atoms with E-state index in [2.05, 4.69) is 0 Å². The summed E-state index contributed by atoms with van der Waals surface area (Å²) in [5.74, 6) is -0.513. The molecule has 0 bridgehead atoms. The van der Waals surface area contributed by atoms with Crippen molar-refractivity contribution in [2.75, 3.05) is 13.1 Å². The van der Waals surface area contributed by atoms with Crippen molar-refractivity contribution in [2.45, 2.75) is 39.5 Å². The lowest BCUT2D eigenvalue weighted by Gasteiger charge is -2.36. The fourth-order valence-corrected chi connectivity index (χ4v) is 2.83. The third-order valence-corrected chi connectivity index (χ3v) is 3.96. The number of carbonyl (C=O) groups excluding carboxylic acids is 1. The monoisotopic (exact) mass is 289 g/mol. The van der Waals surface area contributed by atoms with Gasteiger partial charge in [-0.2, -0.15) is 0 Å². The molecule has 1 amide bonds. The molecule has 1 aromatic carbocycles. The van der Waals surface area contributed by atoms with Crippen LogP contribution in [-0.2, 0) is 4.79 Å². The van der Waals surface area contributed by atoms with Crippen LogP contribution in [0.25, 0.3) is 0 Å². The first-order chi connectivity index (χ1) is 9.79. The number of hydrogen-bond donors (Lipinski definition) is 1. The van der Waals surface area contributed by atoms with E-state index in [0.717, 1.165) is 24.9 Å². The smallest absolute Gasteiger partial charge is 0.335 e. The van der Waals surface area contributed by atoms with Gasteiger partial charge in [0.2, 0.25) is 5.91 Å². The van der Waals surface area contributed by atoms with Crippen LogP contribution in [-0.4, -0.2) is 35.0 Å². The Labute approximate surface area is 125 Å². The molecule has 0 aromatic heterocycles. The molecule has 1 saturated heterocycles. The topological polar surface area (TPSA) is 57.6 Å². The first-order valence-corrected chi connectivity index (χ1v) is 7.41. The van der Waals surface area contributed by atoms with Crippen molar-refractivity contribution in [3.63, 3.8) is 0 Å². The maximum atomic E-state index is 12.4. The van der Waals surface area contributed by atoms with Crippen molar-refractivity contribution >= 4 is 11.9 Å². The zero-order valence-corrected chi connectivity index (χ0v) is 12.9. The van der Waals surface area contributed by atoms with Gasteiger partial charge >= 0.3 is 5.97 Å². The molecular formula is C17H23NO3. The van der Waals surface area contributed by atoms with Crippen LogP contribution in [0.15, 0.2) is 24.3 Å². The molecule has 1 fully saturated rings. The Hall–Kier alpha value is -1.84. The zero-order valence-electron chi connectivity index (χ0n) is 12.9. The average Bonchev–Trinajstić information content (AvgIpc) is 2.45. The summed E-state index contributed by atoms with van der Waals surface area (Å²) in [4.78, 5) is 25.4. The number of carboxylic acids is 1. The normalized spacial score (nSPS) is 19.4. The van der Waals surface area contributed by atoms with Crippen LogP contribution < -0.4 is 0 Å². The molecule has 0 radical (unpaired) electrons. The van der Waals surface area contributed by atoms with Crippen LogP contribution in [0.1, 0.15) is 55.5 Å². The van der Waals surface area contributed by atoms with Crippen LogP contribution in [0.2, 0.25) is 0 Å². The number of carboxylic acid groups (broad SMARTS) is 1. The van der Waals surface area contributed by atoms with E-state index >= 15 is 0 Å². The third-order valence-electron chi connectivity index (χ3n) is 3.96. The molecular weight excluding hydrogens is 266 g/mol. The van der Waals surface area contributed by atoms with E-state index in [4.69, 9.17) is 5.11 Å². The lowest BCUT2D eigenvalue weighted by atomic mass is 9.87. The number of amides is 1. The van der Waals surface area contributed by atoms with Gasteiger partial charge in [-0.25, -0.2) is 4.79 Å². The number of benzene rings is 1. The second kappa shape index (κ2) is 5.88. The van der Waals surface area contributed by atoms with Crippen molar-refractivity contribution < 1.29 is 14.7 Å². The third kappa shape index (κ3) is 3.63. The number of piperidine rings is 1. The molecule has 21 heavy (non-hydrogen) atoms. The number of hydrogen-bond acceptors (Lipinski definition) is 2. The van der Waals surface area contributed by atoms with E-state index in [1.165, 1.54) is 0 Å². The summed E-state index contributed by atoms with van der Waals surface area (Å²) in [5.41, 5.74) is 0.957. The van der Waals surface area contributed by atoms with Gasteiger partial charge in [-0.3, -0.25) is 4.79 Å². The molecule has 1 aromatic rings. The van der Waals surface area contributed by atoms with Gasteiger partial charge in [-0.1, -0.05) is 32.9 Å². The van der Waals surface area contributed by atoms with E-state index in [9.17, 15) is 9.59 Å². The summed E-state index contributed by atoms with van der Waals surface area (Å²) in [6.45, 7) is 7.28. The Balaban J connectivity index is 2.16. The highest BCUT2D eigenvalue weighted by Gasteiger charge is 2.31. The average molecular weight is 289 g/mol. The molecule has 4 nitrogen and oxygen atoms in total. The molecule has 1 atom stereocenters. The fraction of sp³-hybridized carbons (Fsp3) is 0.529. The van der Waals surface area contributed by atoms with Crippen LogP contribution in [0, 0.1) is 5.41 Å². The lowest BCUT2D eigenvalue weighted by molar-refractivity contribution is -0.140. The maximum Gasteiger partial charge on any atom is 0.335 e. The van der Waals surface area contributed by atoms with Crippen molar-refractivity contribution in [3.8, 4) is 0 Å². The first kappa shape index (κ1) is 15.5. The number of rotatable bonds is 2. The summed E-state index contributed by atoms with van der Waals surface area (Å²) in [6.07, 6.45) is 1.96. The molecule has 4 heteroatoms. The number of aromatic carboxylic acids is 1. The van der Waals surface area contributed by atoms with E-state index in [0.29, 0.717) is 12.1 Å². The standard InChI is InChI=1S/C17H23NO3/c1-17(2,3)16(21)18-9-5-8-14(11-18)12-6-4-7-13(10-12)15(19)20/h4,6-7,10,14H,5,8-9,11H2,1-3H3,(H,19,20)/t14-/m1/s1. The summed E-state index contributed by atoms with van der Waals surface area (Å²) in [7, 11) is 0. The van der Waals surface area contributed by atoms with Gasteiger partial charge in [0.05, 0.1) is 5.56 Å². The van der Waals surface area contributed by atoms with E-state index < -0.39 is 5.97 Å². The van der Waals surface area contributed by atoms with Gasteiger partial charge in [0.15, 0.2) is 0 Å². The molecule has 2 rings (SSSR count). The molecule has 1 heterocycles. The second-order valence-electron chi connectivity index (χ2n) is 6.77. The number of carbonyl (C=O) groups is 2. The first-order valence-electron chi connectivity index (χ1n) is 7.41. The second-order valence-corrected chi connectivity index (χ2v) is 6.77. The van der Waals surface area contributed by atoms with Crippen molar-refractivity contribution in [3.05, 3.63) is 35.4 Å². The minimum Gasteiger partial charge on any atom is -0.478 e. The van der Waals surface area contributed by atoms with Gasteiger partial charge in [-0.05, 0) is 30.5 Å². The van der Waals surface area contributed by atoms with Crippen LogP contribution >= 0.6 is 0 Å². The quantitative estimate of drug-likeness (QED) is 0.910. The molecule has 0 aliphatic carbocycles. The van der Waals surface area contributed by atoms with E-state index in [-0.39, 0.29) is 17.2 Å². The minimum absolute atomic E-state index is 0.168. The Morgan fingerprint density at radius 3 is 2.62 bits per heavy atom. The van der Waals surface area contributed by atoms with Gasteiger partial charge < -0.3 is 10.0 Å². The van der Waals surface area contributed by atoms with Crippen LogP contribution in [0.5, 0.6) is 0 Å².